The van der Waals surface area contributed by atoms with E-state index in [2.05, 4.69) is 20.8 Å². The van der Waals surface area contributed by atoms with Crippen molar-refractivity contribution >= 4 is 17.6 Å². The number of amides is 2. The minimum atomic E-state index is -0.467. The first-order valence-electron chi connectivity index (χ1n) is 6.89. The number of hydrogen-bond acceptors (Lipinski definition) is 3. The van der Waals surface area contributed by atoms with Crippen LogP contribution in [0, 0.1) is 5.41 Å². The van der Waals surface area contributed by atoms with Crippen LogP contribution in [0.2, 0.25) is 0 Å². The first-order chi connectivity index (χ1) is 9.23. The Kier molecular flexibility index (Phi) is 3.58. The molecule has 2 rings (SSSR count). The molecule has 1 aliphatic rings. The first kappa shape index (κ1) is 14.6. The van der Waals surface area contributed by atoms with Gasteiger partial charge in [-0.15, -0.1) is 0 Å². The fourth-order valence-electron chi connectivity index (χ4n) is 2.26. The van der Waals surface area contributed by atoms with Crippen molar-refractivity contribution in [3.8, 4) is 0 Å². The first-order valence-corrected chi connectivity index (χ1v) is 6.89. The van der Waals surface area contributed by atoms with E-state index in [1.807, 2.05) is 20.8 Å². The zero-order valence-electron chi connectivity index (χ0n) is 12.5. The summed E-state index contributed by atoms with van der Waals surface area (Å²) in [6.07, 6.45) is 2.85. The smallest absolute Gasteiger partial charge is 0.230 e. The van der Waals surface area contributed by atoms with E-state index in [9.17, 15) is 9.59 Å². The number of aromatic nitrogens is 2. The van der Waals surface area contributed by atoms with Crippen molar-refractivity contribution in [2.75, 3.05) is 5.32 Å². The summed E-state index contributed by atoms with van der Waals surface area (Å²) in [5.41, 5.74) is 0.0391. The van der Waals surface area contributed by atoms with Crippen molar-refractivity contribution in [3.63, 3.8) is 0 Å². The molecule has 1 aromatic rings. The van der Waals surface area contributed by atoms with Crippen LogP contribution in [-0.4, -0.2) is 22.0 Å². The van der Waals surface area contributed by atoms with Crippen LogP contribution in [0.5, 0.6) is 0 Å². The van der Waals surface area contributed by atoms with Crippen molar-refractivity contribution in [1.82, 2.24) is 15.5 Å². The number of anilines is 1. The van der Waals surface area contributed by atoms with Gasteiger partial charge in [0.2, 0.25) is 11.8 Å². The Morgan fingerprint density at radius 1 is 1.35 bits per heavy atom. The molecular formula is C14H22N4O2. The highest BCUT2D eigenvalue weighted by molar-refractivity contribution is 5.93. The van der Waals surface area contributed by atoms with E-state index in [0.29, 0.717) is 5.82 Å². The van der Waals surface area contributed by atoms with Crippen molar-refractivity contribution in [3.05, 3.63) is 11.8 Å². The van der Waals surface area contributed by atoms with Gasteiger partial charge in [0.25, 0.3) is 0 Å². The fraction of sp³-hybridized carbons (Fsp3) is 0.643. The lowest BCUT2D eigenvalue weighted by Crippen LogP contribution is -2.50. The number of nitrogens with one attached hydrogen (secondary N) is 3. The summed E-state index contributed by atoms with van der Waals surface area (Å²) in [7, 11) is 0. The van der Waals surface area contributed by atoms with Crippen molar-refractivity contribution < 1.29 is 9.59 Å². The second-order valence-electron chi connectivity index (χ2n) is 6.49. The summed E-state index contributed by atoms with van der Waals surface area (Å²) in [5, 5.41) is 12.8. The number of H-pyrrole nitrogens is 1. The summed E-state index contributed by atoms with van der Waals surface area (Å²) < 4.78 is 0. The molecule has 0 aliphatic heterocycles. The molecule has 0 bridgehead atoms. The van der Waals surface area contributed by atoms with E-state index >= 15 is 0 Å². The molecule has 6 heteroatoms. The molecule has 1 fully saturated rings. The lowest BCUT2D eigenvalue weighted by atomic mass is 9.74. The van der Waals surface area contributed by atoms with Gasteiger partial charge >= 0.3 is 0 Å². The number of nitrogens with zero attached hydrogens (tertiary/aromatic N) is 1. The van der Waals surface area contributed by atoms with Crippen molar-refractivity contribution in [1.29, 1.82) is 0 Å². The molecule has 0 atom stereocenters. The molecule has 0 radical (unpaired) electrons. The third-order valence-electron chi connectivity index (χ3n) is 3.64. The van der Waals surface area contributed by atoms with Crippen LogP contribution in [0.15, 0.2) is 6.07 Å². The average molecular weight is 278 g/mol. The number of carbonyl (C=O) groups excluding carboxylic acids is 2. The van der Waals surface area contributed by atoms with Gasteiger partial charge in [-0.25, -0.2) is 0 Å². The highest BCUT2D eigenvalue weighted by Gasteiger charge is 2.41. The molecule has 0 unspecified atom stereocenters. The second-order valence-corrected chi connectivity index (χ2v) is 6.49. The zero-order valence-corrected chi connectivity index (χ0v) is 12.5. The zero-order chi connectivity index (χ0) is 15.0. The predicted octanol–water partition coefficient (Wildman–Crippen LogP) is 1.91. The molecule has 1 heterocycles. The Balaban J connectivity index is 2.12. The average Bonchev–Trinajstić information content (AvgIpc) is 2.70. The predicted molar refractivity (Wildman–Crippen MR) is 76.0 cm³/mol. The number of rotatable bonds is 3. The minimum absolute atomic E-state index is 0.0559. The Morgan fingerprint density at radius 2 is 2.00 bits per heavy atom. The molecule has 2 amide bonds. The van der Waals surface area contributed by atoms with Gasteiger partial charge in [-0.05, 0) is 19.3 Å². The Bertz CT molecular complexity index is 524. The summed E-state index contributed by atoms with van der Waals surface area (Å²) in [4.78, 5) is 23.2. The lowest BCUT2D eigenvalue weighted by molar-refractivity contribution is -0.123. The largest absolute Gasteiger partial charge is 0.345 e. The summed E-state index contributed by atoms with van der Waals surface area (Å²) in [6.45, 7) is 7.06. The number of aromatic amines is 1. The van der Waals surface area contributed by atoms with Crippen LogP contribution in [0.25, 0.3) is 0 Å². The van der Waals surface area contributed by atoms with Gasteiger partial charge in [-0.2, -0.15) is 5.10 Å². The van der Waals surface area contributed by atoms with Gasteiger partial charge in [0.05, 0.1) is 11.2 Å². The Morgan fingerprint density at radius 3 is 2.45 bits per heavy atom. The van der Waals surface area contributed by atoms with Gasteiger partial charge < -0.3 is 10.6 Å². The molecule has 110 valence electrons. The number of hydrogen-bond donors (Lipinski definition) is 3. The van der Waals surface area contributed by atoms with E-state index in [0.717, 1.165) is 25.0 Å². The third kappa shape index (κ3) is 2.84. The molecule has 1 aliphatic carbocycles. The monoisotopic (exact) mass is 278 g/mol. The van der Waals surface area contributed by atoms with E-state index in [1.54, 1.807) is 6.07 Å². The molecule has 20 heavy (non-hydrogen) atoms. The van der Waals surface area contributed by atoms with Gasteiger partial charge in [-0.3, -0.25) is 14.7 Å². The quantitative estimate of drug-likeness (QED) is 0.789. The summed E-state index contributed by atoms with van der Waals surface area (Å²) >= 11 is 0. The summed E-state index contributed by atoms with van der Waals surface area (Å²) in [6, 6.07) is 1.80. The molecule has 3 N–H and O–H groups in total. The molecule has 0 aromatic carbocycles. The fourth-order valence-corrected chi connectivity index (χ4v) is 2.26. The van der Waals surface area contributed by atoms with Gasteiger partial charge in [0, 0.05) is 18.4 Å². The Labute approximate surface area is 118 Å². The SMILES string of the molecule is CC(=O)NC1(c2cc(NC(=O)C(C)(C)C)n[nH]2)CCC1. The van der Waals surface area contributed by atoms with Crippen LogP contribution < -0.4 is 10.6 Å². The van der Waals surface area contributed by atoms with E-state index < -0.39 is 5.41 Å². The normalized spacial score (nSPS) is 17.2. The van der Waals surface area contributed by atoms with Crippen LogP contribution in [0.4, 0.5) is 5.82 Å². The van der Waals surface area contributed by atoms with Gasteiger partial charge in [-0.1, -0.05) is 20.8 Å². The maximum Gasteiger partial charge on any atom is 0.230 e. The maximum absolute atomic E-state index is 11.9. The van der Waals surface area contributed by atoms with Crippen LogP contribution >= 0.6 is 0 Å². The van der Waals surface area contributed by atoms with Crippen molar-refractivity contribution in [2.45, 2.75) is 52.5 Å². The number of carbonyl (C=O) groups is 2. The van der Waals surface area contributed by atoms with Gasteiger partial charge in [0.1, 0.15) is 0 Å². The molecular weight excluding hydrogens is 256 g/mol. The molecule has 0 saturated heterocycles. The second kappa shape index (κ2) is 4.92. The molecule has 0 spiro atoms. The highest BCUT2D eigenvalue weighted by atomic mass is 16.2. The molecule has 1 aromatic heterocycles. The standard InChI is InChI=1S/C14H22N4O2/c1-9(19)16-14(6-5-7-14)10-8-11(18-17-10)15-12(20)13(2,3)4/h8H,5-7H2,1-4H3,(H,16,19)(H2,15,17,18,20). The molecule has 1 saturated carbocycles. The topological polar surface area (TPSA) is 86.9 Å². The van der Waals surface area contributed by atoms with Crippen LogP contribution in [-0.2, 0) is 15.1 Å². The maximum atomic E-state index is 11.9. The van der Waals surface area contributed by atoms with Crippen LogP contribution in [0.1, 0.15) is 52.7 Å². The van der Waals surface area contributed by atoms with Crippen LogP contribution in [0.3, 0.4) is 0 Å². The van der Waals surface area contributed by atoms with E-state index in [4.69, 9.17) is 0 Å². The molecule has 6 nitrogen and oxygen atoms in total. The minimum Gasteiger partial charge on any atom is -0.345 e. The lowest BCUT2D eigenvalue weighted by Gasteiger charge is -2.41. The highest BCUT2D eigenvalue weighted by Crippen LogP contribution is 2.40. The third-order valence-corrected chi connectivity index (χ3v) is 3.64. The Hall–Kier alpha value is -1.85. The van der Waals surface area contributed by atoms with Crippen molar-refractivity contribution in [2.24, 2.45) is 5.41 Å². The van der Waals surface area contributed by atoms with Gasteiger partial charge in [0.15, 0.2) is 5.82 Å². The van der Waals surface area contributed by atoms with E-state index in [1.165, 1.54) is 6.92 Å². The van der Waals surface area contributed by atoms with E-state index in [-0.39, 0.29) is 17.4 Å². The summed E-state index contributed by atoms with van der Waals surface area (Å²) in [5.74, 6) is 0.355.